The van der Waals surface area contributed by atoms with Gasteiger partial charge < -0.3 is 10.0 Å². The molecule has 1 aromatic carbocycles. The summed E-state index contributed by atoms with van der Waals surface area (Å²) in [5.41, 5.74) is 0.731. The number of aromatic carboxylic acids is 1. The number of carboxylic acids is 1. The quantitative estimate of drug-likeness (QED) is 0.893. The van der Waals surface area contributed by atoms with Gasteiger partial charge in [-0.05, 0) is 18.9 Å². The van der Waals surface area contributed by atoms with Gasteiger partial charge in [0.1, 0.15) is 0 Å². The van der Waals surface area contributed by atoms with Crippen LogP contribution in [0.15, 0.2) is 24.4 Å². The summed E-state index contributed by atoms with van der Waals surface area (Å²) in [5, 5.41) is 9.96. The molecule has 3 rings (SSSR count). The van der Waals surface area contributed by atoms with Gasteiger partial charge in [-0.1, -0.05) is 19.1 Å². The third-order valence-electron chi connectivity index (χ3n) is 3.89. The normalized spacial score (nSPS) is 22.3. The molecule has 5 heteroatoms. The van der Waals surface area contributed by atoms with Crippen LogP contribution < -0.4 is 4.90 Å². The van der Waals surface area contributed by atoms with Crippen LogP contribution in [0.1, 0.15) is 24.2 Å². The van der Waals surface area contributed by atoms with E-state index in [-0.39, 0.29) is 5.56 Å². The number of benzene rings is 1. The number of hydrogen-bond donors (Lipinski definition) is 1. The van der Waals surface area contributed by atoms with Crippen LogP contribution in [0.2, 0.25) is 0 Å². The first-order chi connectivity index (χ1) is 9.08. The van der Waals surface area contributed by atoms with Crippen molar-refractivity contribution in [1.82, 2.24) is 9.97 Å². The van der Waals surface area contributed by atoms with E-state index in [1.807, 2.05) is 6.07 Å². The van der Waals surface area contributed by atoms with Gasteiger partial charge in [-0.15, -0.1) is 0 Å². The summed E-state index contributed by atoms with van der Waals surface area (Å²) >= 11 is 0. The van der Waals surface area contributed by atoms with Crippen molar-refractivity contribution in [2.45, 2.75) is 19.9 Å². The molecule has 5 nitrogen and oxygen atoms in total. The van der Waals surface area contributed by atoms with E-state index in [1.165, 1.54) is 0 Å². The van der Waals surface area contributed by atoms with E-state index in [0.717, 1.165) is 11.9 Å². The Labute approximate surface area is 110 Å². The summed E-state index contributed by atoms with van der Waals surface area (Å²) in [7, 11) is 0. The lowest BCUT2D eigenvalue weighted by Gasteiger charge is -2.44. The molecule has 1 aromatic heterocycles. The zero-order chi connectivity index (χ0) is 13.6. The minimum Gasteiger partial charge on any atom is -0.478 e. The van der Waals surface area contributed by atoms with Gasteiger partial charge in [0.15, 0.2) is 0 Å². The lowest BCUT2D eigenvalue weighted by atomic mass is 9.93. The van der Waals surface area contributed by atoms with E-state index < -0.39 is 5.97 Å². The molecule has 0 saturated carbocycles. The van der Waals surface area contributed by atoms with Crippen LogP contribution >= 0.6 is 0 Å². The predicted octanol–water partition coefficient (Wildman–Crippen LogP) is 2.17. The number of nitrogens with zero attached hydrogens (tertiary/aromatic N) is 3. The Bertz CT molecular complexity index is 656. The van der Waals surface area contributed by atoms with Crippen LogP contribution in [0.4, 0.5) is 5.95 Å². The highest BCUT2D eigenvalue weighted by atomic mass is 16.4. The van der Waals surface area contributed by atoms with Gasteiger partial charge in [-0.25, -0.2) is 14.8 Å². The van der Waals surface area contributed by atoms with E-state index in [4.69, 9.17) is 0 Å². The summed E-state index contributed by atoms with van der Waals surface area (Å²) < 4.78 is 0. The van der Waals surface area contributed by atoms with E-state index in [2.05, 4.69) is 28.7 Å². The first-order valence-electron chi connectivity index (χ1n) is 6.33. The monoisotopic (exact) mass is 257 g/mol. The van der Waals surface area contributed by atoms with E-state index >= 15 is 0 Å². The summed E-state index contributed by atoms with van der Waals surface area (Å²) in [6.07, 6.45) is 1.69. The second-order valence-corrected chi connectivity index (χ2v) is 5.09. The van der Waals surface area contributed by atoms with Crippen molar-refractivity contribution in [3.8, 4) is 0 Å². The number of aromatic nitrogens is 2. The number of fused-ring (bicyclic) bond motifs is 1. The van der Waals surface area contributed by atoms with Crippen molar-refractivity contribution in [1.29, 1.82) is 0 Å². The Kier molecular flexibility index (Phi) is 2.62. The Balaban J connectivity index is 2.09. The van der Waals surface area contributed by atoms with Crippen molar-refractivity contribution in [2.24, 2.45) is 5.92 Å². The average Bonchev–Trinajstić information content (AvgIpc) is 2.42. The first-order valence-corrected chi connectivity index (χ1v) is 6.33. The van der Waals surface area contributed by atoms with Gasteiger partial charge >= 0.3 is 5.97 Å². The fourth-order valence-electron chi connectivity index (χ4n) is 2.42. The molecule has 1 saturated heterocycles. The van der Waals surface area contributed by atoms with Crippen LogP contribution in [0.25, 0.3) is 10.9 Å². The van der Waals surface area contributed by atoms with Crippen molar-refractivity contribution >= 4 is 22.8 Å². The maximum atomic E-state index is 11.2. The fourth-order valence-corrected chi connectivity index (χ4v) is 2.42. The number of hydrogen-bond acceptors (Lipinski definition) is 4. The molecule has 98 valence electrons. The summed E-state index contributed by atoms with van der Waals surface area (Å²) in [5.74, 6) is 0.279. The SMILES string of the molecule is CC1CN(c2ncc3cccc(C(=O)O)c3n2)C1C. The average molecular weight is 257 g/mol. The molecular formula is C14H15N3O2. The third kappa shape index (κ3) is 1.82. The molecule has 2 unspecified atom stereocenters. The Morgan fingerprint density at radius 1 is 1.42 bits per heavy atom. The highest BCUT2D eigenvalue weighted by molar-refractivity contribution is 6.01. The lowest BCUT2D eigenvalue weighted by molar-refractivity contribution is 0.0699. The first kappa shape index (κ1) is 11.9. The Morgan fingerprint density at radius 2 is 2.21 bits per heavy atom. The standard InChI is InChI=1S/C14H15N3O2/c1-8-7-17(9(8)2)14-15-6-10-4-3-5-11(13(18)19)12(10)16-14/h3-6,8-9H,7H2,1-2H3,(H,18,19). The van der Waals surface area contributed by atoms with Crippen molar-refractivity contribution in [3.63, 3.8) is 0 Å². The topological polar surface area (TPSA) is 66.3 Å². The molecule has 2 heterocycles. The lowest BCUT2D eigenvalue weighted by Crippen LogP contribution is -2.54. The van der Waals surface area contributed by atoms with Crippen LogP contribution in [-0.2, 0) is 0 Å². The van der Waals surface area contributed by atoms with Crippen molar-refractivity contribution in [3.05, 3.63) is 30.0 Å². The predicted molar refractivity (Wildman–Crippen MR) is 72.5 cm³/mol. The Hall–Kier alpha value is -2.17. The summed E-state index contributed by atoms with van der Waals surface area (Å²) in [4.78, 5) is 22.1. The minimum absolute atomic E-state index is 0.224. The highest BCUT2D eigenvalue weighted by Crippen LogP contribution is 2.29. The van der Waals surface area contributed by atoms with Gasteiger partial charge in [0.25, 0.3) is 0 Å². The van der Waals surface area contributed by atoms with E-state index in [0.29, 0.717) is 23.4 Å². The largest absolute Gasteiger partial charge is 0.478 e. The van der Waals surface area contributed by atoms with Gasteiger partial charge in [-0.3, -0.25) is 0 Å². The second-order valence-electron chi connectivity index (χ2n) is 5.09. The molecule has 0 bridgehead atoms. The van der Waals surface area contributed by atoms with Crippen LogP contribution in [0.5, 0.6) is 0 Å². The fraction of sp³-hybridized carbons (Fsp3) is 0.357. The van der Waals surface area contributed by atoms with Crippen LogP contribution in [0.3, 0.4) is 0 Å². The third-order valence-corrected chi connectivity index (χ3v) is 3.89. The smallest absolute Gasteiger partial charge is 0.337 e. The molecule has 0 amide bonds. The molecule has 1 aliphatic heterocycles. The van der Waals surface area contributed by atoms with Gasteiger partial charge in [0.2, 0.25) is 5.95 Å². The summed E-state index contributed by atoms with van der Waals surface area (Å²) in [6, 6.07) is 5.51. The highest BCUT2D eigenvalue weighted by Gasteiger charge is 2.33. The molecule has 1 fully saturated rings. The second kappa shape index (κ2) is 4.19. The summed E-state index contributed by atoms with van der Waals surface area (Å²) in [6.45, 7) is 5.23. The van der Waals surface area contributed by atoms with Gasteiger partial charge in [-0.2, -0.15) is 0 Å². The van der Waals surface area contributed by atoms with Crippen molar-refractivity contribution in [2.75, 3.05) is 11.4 Å². The van der Waals surface area contributed by atoms with Gasteiger partial charge in [0.05, 0.1) is 11.1 Å². The number of carboxylic acid groups (broad SMARTS) is 1. The van der Waals surface area contributed by atoms with Gasteiger partial charge in [0, 0.05) is 24.2 Å². The maximum absolute atomic E-state index is 11.2. The number of anilines is 1. The van der Waals surface area contributed by atoms with Crippen LogP contribution in [0, 0.1) is 5.92 Å². The molecule has 2 atom stereocenters. The number of rotatable bonds is 2. The minimum atomic E-state index is -0.958. The molecule has 19 heavy (non-hydrogen) atoms. The molecule has 0 aliphatic carbocycles. The number of carbonyl (C=O) groups is 1. The molecule has 2 aromatic rings. The van der Waals surface area contributed by atoms with E-state index in [9.17, 15) is 9.90 Å². The number of para-hydroxylation sites is 1. The molecule has 0 radical (unpaired) electrons. The molecule has 1 N–H and O–H groups in total. The molecule has 1 aliphatic rings. The molecule has 0 spiro atoms. The zero-order valence-electron chi connectivity index (χ0n) is 10.9. The van der Waals surface area contributed by atoms with E-state index in [1.54, 1.807) is 18.3 Å². The van der Waals surface area contributed by atoms with Crippen molar-refractivity contribution < 1.29 is 9.90 Å². The Morgan fingerprint density at radius 3 is 2.84 bits per heavy atom. The van der Waals surface area contributed by atoms with Crippen LogP contribution in [-0.4, -0.2) is 33.6 Å². The zero-order valence-corrected chi connectivity index (χ0v) is 10.9. The molecular weight excluding hydrogens is 242 g/mol. The maximum Gasteiger partial charge on any atom is 0.337 e.